The summed E-state index contributed by atoms with van der Waals surface area (Å²) in [7, 11) is 1.33. The molecule has 0 spiro atoms. The lowest BCUT2D eigenvalue weighted by Gasteiger charge is -2.17. The zero-order valence-corrected chi connectivity index (χ0v) is 6.42. The summed E-state index contributed by atoms with van der Waals surface area (Å²) in [6.07, 6.45) is 3.07. The molecule has 1 rings (SSSR count). The second kappa shape index (κ2) is 3.51. The maximum atomic E-state index is 12.6. The quantitative estimate of drug-likeness (QED) is 0.426. The molecule has 1 aliphatic rings. The standard InChI is InChI=1S/C8H11FO2/c1-11-8(10)6-3-2-4-7(9)5-6/h2,4,6-7H,3,5H2,1H3/t6?,7-/m0/s1. The lowest BCUT2D eigenvalue weighted by atomic mass is 9.93. The molecule has 11 heavy (non-hydrogen) atoms. The van der Waals surface area contributed by atoms with Crippen LogP contribution in [0.1, 0.15) is 12.8 Å². The Hall–Kier alpha value is -0.860. The fraction of sp³-hybridized carbons (Fsp3) is 0.625. The van der Waals surface area contributed by atoms with Gasteiger partial charge in [0.2, 0.25) is 0 Å². The highest BCUT2D eigenvalue weighted by atomic mass is 19.1. The molecule has 0 saturated heterocycles. The highest BCUT2D eigenvalue weighted by Gasteiger charge is 2.24. The first-order valence-electron chi connectivity index (χ1n) is 3.62. The number of alkyl halides is 1. The summed E-state index contributed by atoms with van der Waals surface area (Å²) in [6, 6.07) is 0. The number of rotatable bonds is 1. The minimum Gasteiger partial charge on any atom is -0.469 e. The van der Waals surface area contributed by atoms with Gasteiger partial charge >= 0.3 is 5.97 Å². The maximum absolute atomic E-state index is 12.6. The minimum atomic E-state index is -0.979. The van der Waals surface area contributed by atoms with Gasteiger partial charge < -0.3 is 4.74 Å². The lowest BCUT2D eigenvalue weighted by molar-refractivity contribution is -0.146. The molecule has 0 bridgehead atoms. The highest BCUT2D eigenvalue weighted by Crippen LogP contribution is 2.21. The Balaban J connectivity index is 2.49. The number of carbonyl (C=O) groups excluding carboxylic acids is 1. The monoisotopic (exact) mass is 158 g/mol. The van der Waals surface area contributed by atoms with Gasteiger partial charge in [0.05, 0.1) is 13.0 Å². The van der Waals surface area contributed by atoms with Crippen LogP contribution in [0.25, 0.3) is 0 Å². The molecule has 0 aromatic rings. The van der Waals surface area contributed by atoms with Gasteiger partial charge in [-0.2, -0.15) is 0 Å². The fourth-order valence-electron chi connectivity index (χ4n) is 1.20. The van der Waals surface area contributed by atoms with Gasteiger partial charge in [0, 0.05) is 0 Å². The SMILES string of the molecule is COC(=O)C1CC=C[C@H](F)C1. The molecule has 0 fully saturated rings. The first kappa shape index (κ1) is 8.24. The first-order valence-corrected chi connectivity index (χ1v) is 3.62. The van der Waals surface area contributed by atoms with Crippen molar-refractivity contribution in [3.63, 3.8) is 0 Å². The Morgan fingerprint density at radius 3 is 3.00 bits per heavy atom. The fourth-order valence-corrected chi connectivity index (χ4v) is 1.20. The van der Waals surface area contributed by atoms with Gasteiger partial charge in [-0.15, -0.1) is 0 Å². The van der Waals surface area contributed by atoms with E-state index in [2.05, 4.69) is 4.74 Å². The van der Waals surface area contributed by atoms with E-state index in [0.717, 1.165) is 0 Å². The number of ether oxygens (including phenoxy) is 1. The molecule has 1 unspecified atom stereocenters. The molecule has 0 N–H and O–H groups in total. The zero-order chi connectivity index (χ0) is 8.27. The van der Waals surface area contributed by atoms with Gasteiger partial charge in [-0.05, 0) is 12.8 Å². The van der Waals surface area contributed by atoms with E-state index in [1.165, 1.54) is 13.2 Å². The van der Waals surface area contributed by atoms with Crippen molar-refractivity contribution in [3.8, 4) is 0 Å². The average molecular weight is 158 g/mol. The molecule has 1 aliphatic carbocycles. The van der Waals surface area contributed by atoms with Crippen LogP contribution in [0.5, 0.6) is 0 Å². The maximum Gasteiger partial charge on any atom is 0.309 e. The first-order chi connectivity index (χ1) is 5.24. The molecule has 0 radical (unpaired) electrons. The van der Waals surface area contributed by atoms with Crippen LogP contribution in [0.3, 0.4) is 0 Å². The van der Waals surface area contributed by atoms with E-state index in [1.807, 2.05) is 0 Å². The van der Waals surface area contributed by atoms with E-state index in [1.54, 1.807) is 6.08 Å². The molecule has 0 heterocycles. The minimum absolute atomic E-state index is 0.267. The number of methoxy groups -OCH3 is 1. The molecule has 0 aromatic heterocycles. The lowest BCUT2D eigenvalue weighted by Crippen LogP contribution is -2.21. The largest absolute Gasteiger partial charge is 0.469 e. The van der Waals surface area contributed by atoms with Crippen molar-refractivity contribution in [2.75, 3.05) is 7.11 Å². The third kappa shape index (κ3) is 2.03. The molecule has 0 amide bonds. The van der Waals surface area contributed by atoms with E-state index < -0.39 is 6.17 Å². The Bertz CT molecular complexity index is 177. The van der Waals surface area contributed by atoms with Crippen molar-refractivity contribution < 1.29 is 13.9 Å². The van der Waals surface area contributed by atoms with Gasteiger partial charge in [0.1, 0.15) is 6.17 Å². The number of carbonyl (C=O) groups is 1. The number of esters is 1. The molecular weight excluding hydrogens is 147 g/mol. The summed E-state index contributed by atoms with van der Waals surface area (Å²) in [5, 5.41) is 0. The number of hydrogen-bond acceptors (Lipinski definition) is 2. The Morgan fingerprint density at radius 1 is 1.73 bits per heavy atom. The van der Waals surface area contributed by atoms with Gasteiger partial charge in [0.15, 0.2) is 0 Å². The van der Waals surface area contributed by atoms with E-state index in [9.17, 15) is 9.18 Å². The summed E-state index contributed by atoms with van der Waals surface area (Å²) in [6.45, 7) is 0. The molecule has 62 valence electrons. The average Bonchev–Trinajstić information content (AvgIpc) is 2.03. The summed E-state index contributed by atoms with van der Waals surface area (Å²) >= 11 is 0. The zero-order valence-electron chi connectivity index (χ0n) is 6.42. The van der Waals surface area contributed by atoms with Crippen LogP contribution in [0, 0.1) is 5.92 Å². The van der Waals surface area contributed by atoms with Crippen molar-refractivity contribution in [1.29, 1.82) is 0 Å². The number of allylic oxidation sites excluding steroid dienone is 2. The molecular formula is C8H11FO2. The summed E-state index contributed by atoms with van der Waals surface area (Å²) in [4.78, 5) is 10.9. The molecule has 2 nitrogen and oxygen atoms in total. The van der Waals surface area contributed by atoms with Gasteiger partial charge in [-0.3, -0.25) is 4.79 Å². The molecule has 2 atom stereocenters. The van der Waals surface area contributed by atoms with Crippen molar-refractivity contribution in [3.05, 3.63) is 12.2 Å². The van der Waals surface area contributed by atoms with E-state index in [0.29, 0.717) is 6.42 Å². The predicted molar refractivity (Wildman–Crippen MR) is 38.8 cm³/mol. The highest BCUT2D eigenvalue weighted by molar-refractivity contribution is 5.72. The number of halogens is 1. The van der Waals surface area contributed by atoms with Crippen molar-refractivity contribution in [1.82, 2.24) is 0 Å². The third-order valence-electron chi connectivity index (χ3n) is 1.81. The number of hydrogen-bond donors (Lipinski definition) is 0. The topological polar surface area (TPSA) is 26.3 Å². The normalized spacial score (nSPS) is 30.0. The van der Waals surface area contributed by atoms with Crippen LogP contribution in [-0.4, -0.2) is 19.3 Å². The predicted octanol–water partition coefficient (Wildman–Crippen LogP) is 1.46. The van der Waals surface area contributed by atoms with Gasteiger partial charge in [-0.25, -0.2) is 4.39 Å². The van der Waals surface area contributed by atoms with E-state index in [4.69, 9.17) is 0 Å². The van der Waals surface area contributed by atoms with Crippen LogP contribution in [0.15, 0.2) is 12.2 Å². The summed E-state index contributed by atoms with van der Waals surface area (Å²) in [5.41, 5.74) is 0. The van der Waals surface area contributed by atoms with Crippen LogP contribution in [-0.2, 0) is 9.53 Å². The third-order valence-corrected chi connectivity index (χ3v) is 1.81. The van der Waals surface area contributed by atoms with Crippen LogP contribution in [0.4, 0.5) is 4.39 Å². The second-order valence-electron chi connectivity index (χ2n) is 2.64. The van der Waals surface area contributed by atoms with Gasteiger partial charge in [-0.1, -0.05) is 12.2 Å². The van der Waals surface area contributed by atoms with Crippen LogP contribution in [0.2, 0.25) is 0 Å². The summed E-state index contributed by atoms with van der Waals surface area (Å²) < 4.78 is 17.1. The van der Waals surface area contributed by atoms with Crippen molar-refractivity contribution in [2.24, 2.45) is 5.92 Å². The molecule has 0 aromatic carbocycles. The van der Waals surface area contributed by atoms with Crippen molar-refractivity contribution in [2.45, 2.75) is 19.0 Å². The summed E-state index contributed by atoms with van der Waals surface area (Å²) in [5.74, 6) is -0.586. The van der Waals surface area contributed by atoms with E-state index >= 15 is 0 Å². The second-order valence-corrected chi connectivity index (χ2v) is 2.64. The molecule has 0 aliphatic heterocycles. The Morgan fingerprint density at radius 2 is 2.45 bits per heavy atom. The van der Waals surface area contributed by atoms with Crippen LogP contribution >= 0.6 is 0 Å². The van der Waals surface area contributed by atoms with Crippen molar-refractivity contribution >= 4 is 5.97 Å². The molecule has 0 saturated carbocycles. The smallest absolute Gasteiger partial charge is 0.309 e. The molecule has 3 heteroatoms. The van der Waals surface area contributed by atoms with E-state index in [-0.39, 0.29) is 18.3 Å². The Labute approximate surface area is 65.0 Å². The Kier molecular flexibility index (Phi) is 2.63. The van der Waals surface area contributed by atoms with Crippen LogP contribution < -0.4 is 0 Å². The van der Waals surface area contributed by atoms with Gasteiger partial charge in [0.25, 0.3) is 0 Å².